The van der Waals surface area contributed by atoms with Crippen molar-refractivity contribution in [2.24, 2.45) is 11.0 Å². The molecule has 0 radical (unpaired) electrons. The quantitative estimate of drug-likeness (QED) is 0.508. The molecule has 0 aromatic carbocycles. The molecule has 3 nitrogen and oxygen atoms in total. The lowest BCUT2D eigenvalue weighted by atomic mass is 9.89. The zero-order chi connectivity index (χ0) is 14.0. The van der Waals surface area contributed by atoms with E-state index in [0.717, 1.165) is 25.0 Å². The van der Waals surface area contributed by atoms with E-state index < -0.39 is 29.2 Å². The average Bonchev–Trinajstić information content (AvgIpc) is 2.38. The third-order valence-electron chi connectivity index (χ3n) is 3.20. The van der Waals surface area contributed by atoms with E-state index in [1.54, 1.807) is 0 Å². The van der Waals surface area contributed by atoms with Gasteiger partial charge in [0.1, 0.15) is 5.69 Å². The summed E-state index contributed by atoms with van der Waals surface area (Å²) in [5.74, 6) is -6.36. The molecule has 2 rings (SSSR count). The summed E-state index contributed by atoms with van der Waals surface area (Å²) in [7, 11) is 0. The molecule has 19 heavy (non-hydrogen) atoms. The number of hydrogen-bond donors (Lipinski definition) is 1. The number of nitrogens with one attached hydrogen (secondary N) is 1. The van der Waals surface area contributed by atoms with Gasteiger partial charge in [0.2, 0.25) is 11.6 Å². The maximum Gasteiger partial charge on any atom is 0.254 e. The molecule has 7 heteroatoms. The lowest BCUT2D eigenvalue weighted by Crippen LogP contribution is -2.18. The Morgan fingerprint density at radius 2 is 1.74 bits per heavy atom. The average molecular weight is 275 g/mol. The molecule has 104 valence electrons. The van der Waals surface area contributed by atoms with Crippen molar-refractivity contribution in [2.45, 2.75) is 32.6 Å². The molecule has 1 heterocycles. The van der Waals surface area contributed by atoms with E-state index in [-0.39, 0.29) is 5.92 Å². The molecule has 0 aliphatic heterocycles. The molecule has 1 atom stereocenters. The second kappa shape index (κ2) is 5.54. The Labute approximate surface area is 107 Å². The first kappa shape index (κ1) is 13.8. The topological polar surface area (TPSA) is 37.3 Å². The molecule has 1 aromatic heterocycles. The number of anilines is 1. The third-order valence-corrected chi connectivity index (χ3v) is 3.20. The fourth-order valence-electron chi connectivity index (χ4n) is 2.05. The van der Waals surface area contributed by atoms with Crippen LogP contribution in [0, 0.1) is 29.4 Å². The lowest BCUT2D eigenvalue weighted by molar-refractivity contribution is 0.410. The van der Waals surface area contributed by atoms with Gasteiger partial charge in [-0.15, -0.1) is 0 Å². The first-order valence-corrected chi connectivity index (χ1v) is 6.03. The van der Waals surface area contributed by atoms with Gasteiger partial charge in [-0.05, 0) is 25.2 Å². The van der Waals surface area contributed by atoms with Crippen molar-refractivity contribution in [2.75, 3.05) is 5.43 Å². The molecule has 0 saturated heterocycles. The SMILES string of the molecule is C[C@@H]1CCCC/C1=N/Nc1c(F)c(F)nc(F)c1F. The Bertz CT molecular complexity index is 490. The van der Waals surface area contributed by atoms with Crippen LogP contribution in [-0.4, -0.2) is 10.7 Å². The van der Waals surface area contributed by atoms with Crippen molar-refractivity contribution in [1.29, 1.82) is 0 Å². The van der Waals surface area contributed by atoms with Gasteiger partial charge in [0.15, 0.2) is 0 Å². The minimum absolute atomic E-state index is 0.184. The van der Waals surface area contributed by atoms with Crippen molar-refractivity contribution < 1.29 is 17.6 Å². The molecule has 1 saturated carbocycles. The summed E-state index contributed by atoms with van der Waals surface area (Å²) in [5, 5.41) is 3.86. The lowest BCUT2D eigenvalue weighted by Gasteiger charge is -2.20. The standard InChI is InChI=1S/C12H13F4N3/c1-6-4-2-3-5-7(6)18-19-10-8(13)11(15)17-12(16)9(10)14/h6H,2-5H2,1H3,(H,17,19)/b18-7-/t6-/m1/s1. The molecule has 1 N–H and O–H groups in total. The van der Waals surface area contributed by atoms with E-state index in [4.69, 9.17) is 0 Å². The molecule has 1 aliphatic rings. The van der Waals surface area contributed by atoms with Gasteiger partial charge in [-0.2, -0.15) is 27.6 Å². The number of pyridine rings is 1. The molecule has 1 fully saturated rings. The highest BCUT2D eigenvalue weighted by atomic mass is 19.2. The number of hydrogen-bond acceptors (Lipinski definition) is 3. The van der Waals surface area contributed by atoms with Gasteiger partial charge in [0.05, 0.1) is 0 Å². The summed E-state index contributed by atoms with van der Waals surface area (Å²) in [4.78, 5) is 2.47. The number of hydrazone groups is 1. The van der Waals surface area contributed by atoms with Crippen LogP contribution in [0.25, 0.3) is 0 Å². The predicted octanol–water partition coefficient (Wildman–Crippen LogP) is 3.62. The zero-order valence-electron chi connectivity index (χ0n) is 10.3. The van der Waals surface area contributed by atoms with Crippen molar-refractivity contribution in [3.8, 4) is 0 Å². The van der Waals surface area contributed by atoms with Gasteiger partial charge in [0.25, 0.3) is 11.9 Å². The van der Waals surface area contributed by atoms with Gasteiger partial charge < -0.3 is 0 Å². The highest BCUT2D eigenvalue weighted by Gasteiger charge is 2.21. The Hall–Kier alpha value is -1.66. The molecule has 1 aromatic rings. The van der Waals surface area contributed by atoms with Crippen molar-refractivity contribution in [3.05, 3.63) is 23.5 Å². The maximum atomic E-state index is 13.3. The Morgan fingerprint density at radius 1 is 1.11 bits per heavy atom. The van der Waals surface area contributed by atoms with Crippen LogP contribution in [0.2, 0.25) is 0 Å². The molecule has 0 spiro atoms. The van der Waals surface area contributed by atoms with Crippen LogP contribution in [0.5, 0.6) is 0 Å². The Morgan fingerprint density at radius 3 is 2.32 bits per heavy atom. The first-order valence-electron chi connectivity index (χ1n) is 6.03. The largest absolute Gasteiger partial charge is 0.272 e. The highest BCUT2D eigenvalue weighted by molar-refractivity contribution is 5.87. The molecule has 0 unspecified atom stereocenters. The van der Waals surface area contributed by atoms with Gasteiger partial charge in [-0.1, -0.05) is 13.3 Å². The Kier molecular flexibility index (Phi) is 4.01. The second-order valence-electron chi connectivity index (χ2n) is 4.56. The smallest absolute Gasteiger partial charge is 0.254 e. The minimum atomic E-state index is -1.70. The van der Waals surface area contributed by atoms with Crippen LogP contribution in [0.3, 0.4) is 0 Å². The van der Waals surface area contributed by atoms with E-state index in [9.17, 15) is 17.6 Å². The van der Waals surface area contributed by atoms with E-state index in [2.05, 4.69) is 15.5 Å². The molecule has 0 amide bonds. The maximum absolute atomic E-state index is 13.3. The summed E-state index contributed by atoms with van der Waals surface area (Å²) in [6.45, 7) is 1.94. The zero-order valence-corrected chi connectivity index (χ0v) is 10.3. The van der Waals surface area contributed by atoms with E-state index in [0.29, 0.717) is 6.42 Å². The summed E-state index contributed by atoms with van der Waals surface area (Å²) in [6, 6.07) is 0. The third kappa shape index (κ3) is 2.85. The van der Waals surface area contributed by atoms with Crippen LogP contribution in [0.4, 0.5) is 23.2 Å². The van der Waals surface area contributed by atoms with Crippen LogP contribution in [0.15, 0.2) is 5.10 Å². The van der Waals surface area contributed by atoms with E-state index in [1.165, 1.54) is 0 Å². The summed E-state index contributed by atoms with van der Waals surface area (Å²) in [6.07, 6.45) is 3.65. The molecular formula is C12H13F4N3. The van der Waals surface area contributed by atoms with Gasteiger partial charge in [-0.25, -0.2) is 0 Å². The predicted molar refractivity (Wildman–Crippen MR) is 62.8 cm³/mol. The fraction of sp³-hybridized carbons (Fsp3) is 0.500. The number of nitrogens with zero attached hydrogens (tertiary/aromatic N) is 2. The molecular weight excluding hydrogens is 262 g/mol. The summed E-state index contributed by atoms with van der Waals surface area (Å²) < 4.78 is 52.4. The fourth-order valence-corrected chi connectivity index (χ4v) is 2.05. The van der Waals surface area contributed by atoms with Gasteiger partial charge >= 0.3 is 0 Å². The number of aromatic nitrogens is 1. The van der Waals surface area contributed by atoms with Gasteiger partial charge in [-0.3, -0.25) is 5.43 Å². The normalized spacial score (nSPS) is 21.7. The summed E-state index contributed by atoms with van der Waals surface area (Å²) >= 11 is 0. The van der Waals surface area contributed by atoms with E-state index >= 15 is 0 Å². The van der Waals surface area contributed by atoms with Crippen molar-refractivity contribution >= 4 is 11.4 Å². The van der Waals surface area contributed by atoms with Crippen molar-refractivity contribution in [3.63, 3.8) is 0 Å². The summed E-state index contributed by atoms with van der Waals surface area (Å²) in [5.41, 5.74) is 1.87. The van der Waals surface area contributed by atoms with Crippen LogP contribution >= 0.6 is 0 Å². The molecule has 0 bridgehead atoms. The van der Waals surface area contributed by atoms with Crippen LogP contribution < -0.4 is 5.43 Å². The Balaban J connectivity index is 2.26. The minimum Gasteiger partial charge on any atom is -0.272 e. The number of halogens is 4. The highest BCUT2D eigenvalue weighted by Crippen LogP contribution is 2.24. The number of rotatable bonds is 2. The molecule has 1 aliphatic carbocycles. The van der Waals surface area contributed by atoms with Crippen LogP contribution in [0.1, 0.15) is 32.6 Å². The first-order chi connectivity index (χ1) is 9.00. The van der Waals surface area contributed by atoms with Crippen LogP contribution in [-0.2, 0) is 0 Å². The van der Waals surface area contributed by atoms with Gasteiger partial charge in [0, 0.05) is 5.71 Å². The van der Waals surface area contributed by atoms with Crippen molar-refractivity contribution in [1.82, 2.24) is 4.98 Å². The second-order valence-corrected chi connectivity index (χ2v) is 4.56. The van der Waals surface area contributed by atoms with E-state index in [1.807, 2.05) is 6.92 Å². The monoisotopic (exact) mass is 275 g/mol.